The number of carboxylic acids is 1. The first kappa shape index (κ1) is 25.5. The number of aliphatic carboxylic acids is 1. The van der Waals surface area contributed by atoms with Crippen LogP contribution in [0.1, 0.15) is 65.4 Å². The molecule has 1 aliphatic carbocycles. The van der Waals surface area contributed by atoms with Crippen molar-refractivity contribution < 1.29 is 30.3 Å². The fraction of sp³-hybridized carbons (Fsp3) is 0.414. The number of anilines is 1. The summed E-state index contributed by atoms with van der Waals surface area (Å²) in [5, 5.41) is 8.97. The van der Waals surface area contributed by atoms with Gasteiger partial charge in [-0.3, -0.25) is 4.79 Å². The lowest BCUT2D eigenvalue weighted by atomic mass is 9.88. The highest BCUT2D eigenvalue weighted by Crippen LogP contribution is 2.29. The van der Waals surface area contributed by atoms with E-state index in [0.717, 1.165) is 38.2 Å². The Bertz CT molecular complexity index is 1120. The molecule has 0 heterocycles. The van der Waals surface area contributed by atoms with Crippen molar-refractivity contribution in [2.45, 2.75) is 65.0 Å². The number of hydrogen-bond acceptors (Lipinski definition) is 5. The van der Waals surface area contributed by atoms with Crippen molar-refractivity contribution >= 4 is 29.6 Å². The molecular weight excluding hydrogens is 458 g/mol. The van der Waals surface area contributed by atoms with Gasteiger partial charge in [-0.05, 0) is 75.1 Å². The summed E-state index contributed by atoms with van der Waals surface area (Å²) in [6.07, 6.45) is 7.16. The first-order chi connectivity index (χ1) is 17.5. The summed E-state index contributed by atoms with van der Waals surface area (Å²) in [7, 11) is 0. The molecule has 1 N–H and O–H groups in total. The molecular formula is C29H35NO6. The number of ether oxygens (including phenoxy) is 2. The van der Waals surface area contributed by atoms with Crippen molar-refractivity contribution in [2.24, 2.45) is 5.92 Å². The van der Waals surface area contributed by atoms with Gasteiger partial charge >= 0.3 is 11.9 Å². The first-order valence-electron chi connectivity index (χ1n) is 12.8. The number of hydrogen-bond donors (Lipinski definition) is 1. The number of rotatable bonds is 9. The van der Waals surface area contributed by atoms with E-state index in [1.165, 1.54) is 11.0 Å². The van der Waals surface area contributed by atoms with Crippen LogP contribution in [0.2, 0.25) is 0 Å². The fourth-order valence-electron chi connectivity index (χ4n) is 4.07. The maximum atomic E-state index is 13.7. The normalized spacial score (nSPS) is 15.7. The third-order valence-electron chi connectivity index (χ3n) is 5.69. The summed E-state index contributed by atoms with van der Waals surface area (Å²) in [4.78, 5) is 38.0. The summed E-state index contributed by atoms with van der Waals surface area (Å²) in [5.74, 6) is -1.35. The molecule has 1 unspecified atom stereocenters. The molecule has 1 saturated carbocycles. The van der Waals surface area contributed by atoms with Crippen LogP contribution in [0.3, 0.4) is 0 Å². The Morgan fingerprint density at radius 2 is 1.78 bits per heavy atom. The maximum Gasteiger partial charge on any atom is 0.344 e. The molecule has 1 fully saturated rings. The summed E-state index contributed by atoms with van der Waals surface area (Å²) in [6.45, 7) is 4.10. The Balaban J connectivity index is 1.82. The zero-order valence-corrected chi connectivity index (χ0v) is 21.1. The van der Waals surface area contributed by atoms with E-state index in [0.29, 0.717) is 22.6 Å². The predicted molar refractivity (Wildman–Crippen MR) is 139 cm³/mol. The van der Waals surface area contributed by atoms with Crippen molar-refractivity contribution in [3.63, 3.8) is 0 Å². The number of carboxylic acid groups (broad SMARTS) is 1. The monoisotopic (exact) mass is 494 g/mol. The lowest BCUT2D eigenvalue weighted by molar-refractivity contribution is -0.157. The minimum atomic E-state index is -1.06. The molecule has 0 bridgehead atoms. The van der Waals surface area contributed by atoms with E-state index >= 15 is 0 Å². The second-order valence-electron chi connectivity index (χ2n) is 9.88. The van der Waals surface area contributed by atoms with Crippen molar-refractivity contribution in [1.82, 2.24) is 0 Å². The topological polar surface area (TPSA) is 93.1 Å². The van der Waals surface area contributed by atoms with Crippen LogP contribution in [-0.4, -0.2) is 35.2 Å². The molecule has 3 rings (SSSR count). The molecule has 1 atom stereocenters. The van der Waals surface area contributed by atoms with Gasteiger partial charge in [0.2, 0.25) is 5.91 Å². The highest BCUT2D eigenvalue weighted by atomic mass is 16.6. The molecule has 0 aromatic heterocycles. The van der Waals surface area contributed by atoms with Crippen molar-refractivity contribution in [2.75, 3.05) is 11.5 Å². The second-order valence-corrected chi connectivity index (χ2v) is 9.88. The van der Waals surface area contributed by atoms with Crippen molar-refractivity contribution in [3.05, 3.63) is 65.7 Å². The Labute approximate surface area is 214 Å². The SMILES string of the molecule is [2H]C(c1ccc(OCC(=O)OC(C)(C)C)cc1)N(C(=O)C1CCCCC1)c1cccc(/C=C/C(=O)O)c1. The molecule has 36 heavy (non-hydrogen) atoms. The van der Waals surface area contributed by atoms with Gasteiger partial charge in [-0.1, -0.05) is 43.5 Å². The Morgan fingerprint density at radius 3 is 2.42 bits per heavy atom. The third kappa shape index (κ3) is 8.56. The Morgan fingerprint density at radius 1 is 1.08 bits per heavy atom. The van der Waals surface area contributed by atoms with Crippen LogP contribution in [0, 0.1) is 5.92 Å². The van der Waals surface area contributed by atoms with Crippen LogP contribution in [-0.2, 0) is 25.6 Å². The van der Waals surface area contributed by atoms with E-state index in [1.807, 2.05) is 0 Å². The summed E-state index contributed by atoms with van der Waals surface area (Å²) >= 11 is 0. The largest absolute Gasteiger partial charge is 0.482 e. The second kappa shape index (κ2) is 12.4. The summed E-state index contributed by atoms with van der Waals surface area (Å²) < 4.78 is 19.8. The van der Waals surface area contributed by atoms with E-state index in [4.69, 9.17) is 16.0 Å². The predicted octanol–water partition coefficient (Wildman–Crippen LogP) is 5.62. The Hall–Kier alpha value is -3.61. The molecule has 0 radical (unpaired) electrons. The van der Waals surface area contributed by atoms with Gasteiger partial charge in [0.25, 0.3) is 0 Å². The highest BCUT2D eigenvalue weighted by molar-refractivity contribution is 5.95. The van der Waals surface area contributed by atoms with Gasteiger partial charge in [-0.25, -0.2) is 9.59 Å². The number of carbonyl (C=O) groups excluding carboxylic acids is 2. The molecule has 0 spiro atoms. The van der Waals surface area contributed by atoms with Crippen LogP contribution in [0.15, 0.2) is 54.6 Å². The molecule has 0 aliphatic heterocycles. The minimum absolute atomic E-state index is 0.107. The number of amides is 1. The number of esters is 1. The van der Waals surface area contributed by atoms with Crippen molar-refractivity contribution in [1.29, 1.82) is 0 Å². The smallest absolute Gasteiger partial charge is 0.344 e. The van der Waals surface area contributed by atoms with Crippen molar-refractivity contribution in [3.8, 4) is 5.75 Å². The molecule has 1 amide bonds. The average molecular weight is 495 g/mol. The molecule has 7 nitrogen and oxygen atoms in total. The third-order valence-corrected chi connectivity index (χ3v) is 5.69. The first-order valence-corrected chi connectivity index (χ1v) is 12.2. The molecule has 2 aromatic rings. The summed E-state index contributed by atoms with van der Waals surface area (Å²) in [6, 6.07) is 13.7. The van der Waals surface area contributed by atoms with Gasteiger partial charge in [-0.15, -0.1) is 0 Å². The lowest BCUT2D eigenvalue weighted by Crippen LogP contribution is -2.36. The van der Waals surface area contributed by atoms with Crippen LogP contribution in [0.5, 0.6) is 5.75 Å². The number of benzene rings is 2. The van der Waals surface area contributed by atoms with E-state index in [-0.39, 0.29) is 18.4 Å². The number of nitrogens with zero attached hydrogens (tertiary/aromatic N) is 1. The van der Waals surface area contributed by atoms with Gasteiger partial charge in [-0.2, -0.15) is 0 Å². The molecule has 7 heteroatoms. The van der Waals surface area contributed by atoms with Gasteiger partial charge in [0.1, 0.15) is 11.4 Å². The van der Waals surface area contributed by atoms with Crippen LogP contribution in [0.25, 0.3) is 6.08 Å². The fourth-order valence-corrected chi connectivity index (χ4v) is 4.07. The quantitative estimate of drug-likeness (QED) is 0.359. The van der Waals surface area contributed by atoms with E-state index in [1.54, 1.807) is 69.3 Å². The van der Waals surface area contributed by atoms with E-state index in [2.05, 4.69) is 0 Å². The zero-order chi connectivity index (χ0) is 27.0. The standard InChI is InChI=1S/C29H35NO6/c1-29(2,3)36-27(33)20-35-25-15-12-22(13-16-25)19-30(28(34)23-9-5-4-6-10-23)24-11-7-8-21(18-24)14-17-26(31)32/h7-8,11-18,23H,4-6,9-10,19-20H2,1-3H3,(H,31,32)/b17-14+/i19D. The summed E-state index contributed by atoms with van der Waals surface area (Å²) in [5.41, 5.74) is 1.14. The van der Waals surface area contributed by atoms with E-state index < -0.39 is 24.1 Å². The van der Waals surface area contributed by atoms with E-state index in [9.17, 15) is 14.4 Å². The lowest BCUT2D eigenvalue weighted by Gasteiger charge is -2.30. The van der Waals surface area contributed by atoms with Gasteiger partial charge < -0.3 is 19.5 Å². The molecule has 2 aromatic carbocycles. The minimum Gasteiger partial charge on any atom is -0.482 e. The van der Waals surface area contributed by atoms with Crippen LogP contribution in [0.4, 0.5) is 5.69 Å². The van der Waals surface area contributed by atoms with Crippen LogP contribution >= 0.6 is 0 Å². The van der Waals surface area contributed by atoms with Gasteiger partial charge in [0, 0.05) is 17.7 Å². The average Bonchev–Trinajstić information content (AvgIpc) is 2.86. The zero-order valence-electron chi connectivity index (χ0n) is 22.1. The molecule has 1 aliphatic rings. The Kier molecular flexibility index (Phi) is 8.76. The number of carbonyl (C=O) groups is 3. The van der Waals surface area contributed by atoms with Gasteiger partial charge in [0.05, 0.1) is 7.89 Å². The molecule has 0 saturated heterocycles. The molecule has 192 valence electrons. The highest BCUT2D eigenvalue weighted by Gasteiger charge is 2.27. The maximum absolute atomic E-state index is 13.7. The van der Waals surface area contributed by atoms with Crippen LogP contribution < -0.4 is 9.64 Å². The van der Waals surface area contributed by atoms with Gasteiger partial charge in [0.15, 0.2) is 6.61 Å².